The lowest BCUT2D eigenvalue weighted by Crippen LogP contribution is -2.48. The van der Waals surface area contributed by atoms with E-state index in [1.165, 1.54) is 5.06 Å². The second-order valence-corrected chi connectivity index (χ2v) is 5.15. The lowest BCUT2D eigenvalue weighted by molar-refractivity contribution is 0.100. The van der Waals surface area contributed by atoms with Crippen molar-refractivity contribution in [1.82, 2.24) is 5.06 Å². The van der Waals surface area contributed by atoms with Gasteiger partial charge in [-0.1, -0.05) is 19.1 Å². The normalized spacial score (nSPS) is 35.1. The lowest BCUT2D eigenvalue weighted by atomic mass is 9.74. The van der Waals surface area contributed by atoms with Gasteiger partial charge in [0.15, 0.2) is 0 Å². The topological polar surface area (TPSA) is 26.3 Å². The fourth-order valence-electron chi connectivity index (χ4n) is 2.74. The Hall–Kier alpha value is -0.760. The van der Waals surface area contributed by atoms with Crippen LogP contribution in [0.15, 0.2) is 23.9 Å². The van der Waals surface area contributed by atoms with Crippen LogP contribution < -0.4 is 0 Å². The van der Waals surface area contributed by atoms with E-state index in [1.807, 2.05) is 26.0 Å². The molecule has 2 rings (SSSR count). The minimum atomic E-state index is -0.229. The predicted molar refractivity (Wildman–Crippen MR) is 58.4 cm³/mol. The zero-order valence-electron chi connectivity index (χ0n) is 9.16. The summed E-state index contributed by atoms with van der Waals surface area (Å²) in [5.41, 5.74) is 0.753. The van der Waals surface area contributed by atoms with Crippen molar-refractivity contribution in [2.45, 2.75) is 39.2 Å². The standard InChI is InChI=1S/C12H18NO/c1-9-8-12(2,3)13(14)11-7-5-4-6-10(9)11/h4-5,7,9-10H,6,8H2,1-3H3/q-1. The van der Waals surface area contributed by atoms with Gasteiger partial charge >= 0.3 is 0 Å². The maximum absolute atomic E-state index is 12.0. The van der Waals surface area contributed by atoms with E-state index in [1.54, 1.807) is 0 Å². The highest BCUT2D eigenvalue weighted by Crippen LogP contribution is 2.43. The molecule has 1 aliphatic heterocycles. The van der Waals surface area contributed by atoms with E-state index in [4.69, 9.17) is 0 Å². The molecule has 2 aliphatic rings. The monoisotopic (exact) mass is 192 g/mol. The fraction of sp³-hybridized carbons (Fsp3) is 0.667. The van der Waals surface area contributed by atoms with E-state index in [-0.39, 0.29) is 5.54 Å². The second-order valence-electron chi connectivity index (χ2n) is 5.15. The van der Waals surface area contributed by atoms with Gasteiger partial charge in [0.1, 0.15) is 0 Å². The van der Waals surface area contributed by atoms with Crippen LogP contribution in [0.4, 0.5) is 0 Å². The molecular formula is C12H18NO-. The zero-order chi connectivity index (χ0) is 10.3. The van der Waals surface area contributed by atoms with Crippen LogP contribution >= 0.6 is 0 Å². The third-order valence-electron chi connectivity index (χ3n) is 3.47. The van der Waals surface area contributed by atoms with Crippen LogP contribution in [0.3, 0.4) is 0 Å². The van der Waals surface area contributed by atoms with E-state index in [0.717, 1.165) is 18.5 Å². The van der Waals surface area contributed by atoms with Gasteiger partial charge in [-0.3, -0.25) is 0 Å². The number of fused-ring (bicyclic) bond motifs is 1. The summed E-state index contributed by atoms with van der Waals surface area (Å²) < 4.78 is 0. The van der Waals surface area contributed by atoms with Gasteiger partial charge in [0.05, 0.1) is 0 Å². The first-order valence-electron chi connectivity index (χ1n) is 5.36. The van der Waals surface area contributed by atoms with E-state index in [0.29, 0.717) is 11.8 Å². The Morgan fingerprint density at radius 1 is 1.50 bits per heavy atom. The first-order chi connectivity index (χ1) is 6.52. The van der Waals surface area contributed by atoms with E-state index in [2.05, 4.69) is 13.0 Å². The highest BCUT2D eigenvalue weighted by molar-refractivity contribution is 5.25. The minimum Gasteiger partial charge on any atom is -0.758 e. The van der Waals surface area contributed by atoms with Gasteiger partial charge in [-0.25, -0.2) is 0 Å². The zero-order valence-corrected chi connectivity index (χ0v) is 9.16. The van der Waals surface area contributed by atoms with Gasteiger partial charge in [-0.2, -0.15) is 0 Å². The van der Waals surface area contributed by atoms with Gasteiger partial charge < -0.3 is 10.3 Å². The summed E-state index contributed by atoms with van der Waals surface area (Å²) in [7, 11) is 0. The molecule has 0 amide bonds. The van der Waals surface area contributed by atoms with Gasteiger partial charge in [0.2, 0.25) is 0 Å². The average molecular weight is 192 g/mol. The summed E-state index contributed by atoms with van der Waals surface area (Å²) in [6.07, 6.45) is 8.18. The second kappa shape index (κ2) is 3.13. The Balaban J connectivity index is 2.33. The molecule has 0 aromatic carbocycles. The first kappa shape index (κ1) is 9.78. The molecule has 1 saturated heterocycles. The number of hydrogen-bond donors (Lipinski definition) is 0. The molecule has 0 bridgehead atoms. The Kier molecular flexibility index (Phi) is 2.18. The third-order valence-corrected chi connectivity index (χ3v) is 3.47. The van der Waals surface area contributed by atoms with E-state index >= 15 is 0 Å². The van der Waals surface area contributed by atoms with Crippen molar-refractivity contribution in [3.63, 3.8) is 0 Å². The van der Waals surface area contributed by atoms with E-state index in [9.17, 15) is 5.21 Å². The van der Waals surface area contributed by atoms with Gasteiger partial charge in [-0.15, -0.1) is 0 Å². The summed E-state index contributed by atoms with van der Waals surface area (Å²) in [5.74, 6) is 1.07. The minimum absolute atomic E-state index is 0.229. The summed E-state index contributed by atoms with van der Waals surface area (Å²) in [6, 6.07) is 0. The average Bonchev–Trinajstić information content (AvgIpc) is 2.14. The number of allylic oxidation sites excluding steroid dienone is 4. The van der Waals surface area contributed by atoms with Crippen molar-refractivity contribution in [2.75, 3.05) is 0 Å². The summed E-state index contributed by atoms with van der Waals surface area (Å²) >= 11 is 0. The maximum Gasteiger partial charge on any atom is 0.0232 e. The molecule has 1 fully saturated rings. The van der Waals surface area contributed by atoms with Crippen LogP contribution in [0.1, 0.15) is 33.6 Å². The van der Waals surface area contributed by atoms with Crippen molar-refractivity contribution < 1.29 is 0 Å². The molecule has 0 spiro atoms. The van der Waals surface area contributed by atoms with E-state index < -0.39 is 0 Å². The molecule has 1 aliphatic carbocycles. The molecule has 0 radical (unpaired) electrons. The Bertz CT molecular complexity index is 291. The van der Waals surface area contributed by atoms with Crippen molar-refractivity contribution >= 4 is 0 Å². The quantitative estimate of drug-likeness (QED) is 0.589. The molecule has 0 aromatic heterocycles. The Labute approximate surface area is 85.9 Å². The van der Waals surface area contributed by atoms with Gasteiger partial charge in [0.25, 0.3) is 0 Å². The molecule has 2 atom stereocenters. The molecular weight excluding hydrogens is 174 g/mol. The van der Waals surface area contributed by atoms with Gasteiger partial charge in [-0.05, 0) is 38.7 Å². The molecule has 78 valence electrons. The molecule has 0 saturated carbocycles. The van der Waals surface area contributed by atoms with Crippen LogP contribution in [0, 0.1) is 17.0 Å². The van der Waals surface area contributed by atoms with Crippen LogP contribution in [-0.4, -0.2) is 10.6 Å². The number of hydroxylamine groups is 2. The lowest BCUT2D eigenvalue weighted by Gasteiger charge is -2.56. The van der Waals surface area contributed by atoms with Crippen LogP contribution in [0.25, 0.3) is 0 Å². The fourth-order valence-corrected chi connectivity index (χ4v) is 2.74. The SMILES string of the molecule is CC1CC(C)(C)N([O-])C2=CC=CCC21. The smallest absolute Gasteiger partial charge is 0.0232 e. The van der Waals surface area contributed by atoms with Crippen molar-refractivity contribution in [2.24, 2.45) is 11.8 Å². The number of piperidine rings is 1. The molecule has 1 heterocycles. The molecule has 2 nitrogen and oxygen atoms in total. The van der Waals surface area contributed by atoms with Crippen LogP contribution in [0.5, 0.6) is 0 Å². The summed E-state index contributed by atoms with van der Waals surface area (Å²) in [5, 5.41) is 13.3. The third kappa shape index (κ3) is 1.38. The molecule has 2 heteroatoms. The highest BCUT2D eigenvalue weighted by atomic mass is 16.5. The molecule has 0 N–H and O–H groups in total. The number of nitrogens with zero attached hydrogens (tertiary/aromatic N) is 1. The van der Waals surface area contributed by atoms with Crippen molar-refractivity contribution in [3.05, 3.63) is 29.1 Å². The molecule has 2 unspecified atom stereocenters. The molecule has 14 heavy (non-hydrogen) atoms. The maximum atomic E-state index is 12.0. The van der Waals surface area contributed by atoms with Crippen molar-refractivity contribution in [1.29, 1.82) is 0 Å². The first-order valence-corrected chi connectivity index (χ1v) is 5.36. The van der Waals surface area contributed by atoms with Crippen LogP contribution in [-0.2, 0) is 0 Å². The summed E-state index contributed by atoms with van der Waals surface area (Å²) in [6.45, 7) is 6.32. The predicted octanol–water partition coefficient (Wildman–Crippen LogP) is 3.06. The number of hydrogen-bond acceptors (Lipinski definition) is 2. The Morgan fingerprint density at radius 2 is 2.21 bits per heavy atom. The Morgan fingerprint density at radius 3 is 2.93 bits per heavy atom. The summed E-state index contributed by atoms with van der Waals surface area (Å²) in [4.78, 5) is 0. The highest BCUT2D eigenvalue weighted by Gasteiger charge is 2.36. The van der Waals surface area contributed by atoms with Gasteiger partial charge in [0, 0.05) is 17.2 Å². The molecule has 0 aromatic rings. The largest absolute Gasteiger partial charge is 0.758 e. The van der Waals surface area contributed by atoms with Crippen molar-refractivity contribution in [3.8, 4) is 0 Å². The number of rotatable bonds is 0. The van der Waals surface area contributed by atoms with Crippen LogP contribution in [0.2, 0.25) is 0 Å².